The van der Waals surface area contributed by atoms with E-state index in [-0.39, 0.29) is 13.2 Å². The van der Waals surface area contributed by atoms with Crippen molar-refractivity contribution in [3.05, 3.63) is 12.7 Å². The molecule has 0 aliphatic rings. The van der Waals surface area contributed by atoms with Gasteiger partial charge in [-0.25, -0.2) is 9.59 Å². The van der Waals surface area contributed by atoms with Crippen LogP contribution in [0, 0.1) is 0 Å². The van der Waals surface area contributed by atoms with Crippen molar-refractivity contribution in [3.8, 4) is 0 Å². The lowest BCUT2D eigenvalue weighted by Crippen LogP contribution is -2.17. The Balaban J connectivity index is 3.33. The Hall–Kier alpha value is -1.36. The normalized spacial score (nSPS) is 9.00. The highest BCUT2D eigenvalue weighted by Gasteiger charge is 2.04. The molecule has 0 rings (SSSR count). The third kappa shape index (κ3) is 6.76. The molecular weight excluding hydrogens is 164 g/mol. The molecule has 1 N–H and O–H groups in total. The van der Waals surface area contributed by atoms with E-state index >= 15 is 0 Å². The summed E-state index contributed by atoms with van der Waals surface area (Å²) in [5.41, 5.74) is 0. The van der Waals surface area contributed by atoms with Crippen molar-refractivity contribution in [2.24, 2.45) is 0 Å². The van der Waals surface area contributed by atoms with E-state index in [9.17, 15) is 9.59 Å². The van der Waals surface area contributed by atoms with E-state index in [1.54, 1.807) is 0 Å². The minimum atomic E-state index is -1.19. The molecule has 0 atom stereocenters. The van der Waals surface area contributed by atoms with Gasteiger partial charge in [0.05, 0.1) is 6.61 Å². The molecule has 5 heteroatoms. The third-order valence-corrected chi connectivity index (χ3v) is 0.812. The van der Waals surface area contributed by atoms with Crippen molar-refractivity contribution in [2.75, 3.05) is 19.8 Å². The van der Waals surface area contributed by atoms with E-state index in [1.165, 1.54) is 6.08 Å². The minimum absolute atomic E-state index is 0.238. The first-order chi connectivity index (χ1) is 5.66. The Morgan fingerprint density at radius 1 is 1.42 bits per heavy atom. The van der Waals surface area contributed by atoms with Crippen LogP contribution in [0.25, 0.3) is 0 Å². The van der Waals surface area contributed by atoms with Crippen LogP contribution in [-0.4, -0.2) is 36.9 Å². The van der Waals surface area contributed by atoms with Crippen molar-refractivity contribution in [2.45, 2.75) is 0 Å². The quantitative estimate of drug-likeness (QED) is 0.343. The number of rotatable bonds is 6. The number of hydrogen-bond donors (Lipinski definition) is 1. The van der Waals surface area contributed by atoms with E-state index in [1.807, 2.05) is 0 Å². The standard InChI is InChI=1S/C7H10O5/c1-2-3-11-5-7(10)12-4-6(8)9/h2H,1,3-5H2,(H,8,9). The Labute approximate surface area is 69.6 Å². The number of carbonyl (C=O) groups excluding carboxylic acids is 1. The third-order valence-electron chi connectivity index (χ3n) is 0.812. The lowest BCUT2D eigenvalue weighted by atomic mass is 10.6. The van der Waals surface area contributed by atoms with E-state index in [4.69, 9.17) is 9.84 Å². The second kappa shape index (κ2) is 6.36. The highest BCUT2D eigenvalue weighted by atomic mass is 16.6. The Bertz CT molecular complexity index is 175. The first kappa shape index (κ1) is 10.6. The van der Waals surface area contributed by atoms with Gasteiger partial charge >= 0.3 is 11.9 Å². The number of ether oxygens (including phenoxy) is 2. The number of aliphatic carboxylic acids is 1. The Morgan fingerprint density at radius 3 is 2.58 bits per heavy atom. The van der Waals surface area contributed by atoms with E-state index in [0.717, 1.165) is 0 Å². The van der Waals surface area contributed by atoms with Gasteiger partial charge in [0.15, 0.2) is 6.61 Å². The monoisotopic (exact) mass is 174 g/mol. The molecule has 0 aliphatic carbocycles. The molecule has 0 saturated heterocycles. The zero-order valence-corrected chi connectivity index (χ0v) is 6.49. The first-order valence-electron chi connectivity index (χ1n) is 3.23. The van der Waals surface area contributed by atoms with Crippen LogP contribution in [0.1, 0.15) is 0 Å². The first-order valence-corrected chi connectivity index (χ1v) is 3.23. The van der Waals surface area contributed by atoms with Crippen LogP contribution >= 0.6 is 0 Å². The van der Waals surface area contributed by atoms with Gasteiger partial charge in [0, 0.05) is 0 Å². The highest BCUT2D eigenvalue weighted by Crippen LogP contribution is 1.81. The van der Waals surface area contributed by atoms with E-state index in [2.05, 4.69) is 11.3 Å². The minimum Gasteiger partial charge on any atom is -0.479 e. The summed E-state index contributed by atoms with van der Waals surface area (Å²) in [5.74, 6) is -1.88. The molecular formula is C7H10O5. The topological polar surface area (TPSA) is 72.8 Å². The molecule has 0 aromatic carbocycles. The number of carboxylic acid groups (broad SMARTS) is 1. The van der Waals surface area contributed by atoms with Crippen molar-refractivity contribution in [1.82, 2.24) is 0 Å². The second-order valence-electron chi connectivity index (χ2n) is 1.86. The molecule has 0 radical (unpaired) electrons. The van der Waals surface area contributed by atoms with Crippen LogP contribution in [0.5, 0.6) is 0 Å². The molecule has 12 heavy (non-hydrogen) atoms. The van der Waals surface area contributed by atoms with Gasteiger partial charge in [-0.2, -0.15) is 0 Å². The van der Waals surface area contributed by atoms with Crippen LogP contribution in [-0.2, 0) is 19.1 Å². The summed E-state index contributed by atoms with van der Waals surface area (Å²) in [6, 6.07) is 0. The van der Waals surface area contributed by atoms with Crippen LogP contribution < -0.4 is 0 Å². The largest absolute Gasteiger partial charge is 0.479 e. The lowest BCUT2D eigenvalue weighted by molar-refractivity contribution is -0.158. The predicted molar refractivity (Wildman–Crippen MR) is 39.6 cm³/mol. The summed E-state index contributed by atoms with van der Waals surface area (Å²) in [5, 5.41) is 8.10. The average molecular weight is 174 g/mol. The molecule has 0 spiro atoms. The summed E-state index contributed by atoms with van der Waals surface area (Å²) >= 11 is 0. The molecule has 0 aromatic heterocycles. The van der Waals surface area contributed by atoms with Gasteiger partial charge < -0.3 is 14.6 Å². The summed E-state index contributed by atoms with van der Waals surface area (Å²) in [7, 11) is 0. The smallest absolute Gasteiger partial charge is 0.341 e. The summed E-state index contributed by atoms with van der Waals surface area (Å²) in [6.45, 7) is 2.72. The number of carboxylic acids is 1. The zero-order valence-electron chi connectivity index (χ0n) is 6.49. The van der Waals surface area contributed by atoms with Crippen LogP contribution in [0.3, 0.4) is 0 Å². The molecule has 0 saturated carbocycles. The van der Waals surface area contributed by atoms with Gasteiger partial charge in [-0.1, -0.05) is 6.08 Å². The second-order valence-corrected chi connectivity index (χ2v) is 1.86. The molecule has 5 nitrogen and oxygen atoms in total. The average Bonchev–Trinajstić information content (AvgIpc) is 2.01. The molecule has 0 fully saturated rings. The fourth-order valence-electron chi connectivity index (χ4n) is 0.409. The molecule has 0 aromatic rings. The van der Waals surface area contributed by atoms with Crippen molar-refractivity contribution in [1.29, 1.82) is 0 Å². The van der Waals surface area contributed by atoms with Gasteiger partial charge in [0.25, 0.3) is 0 Å². The maximum absolute atomic E-state index is 10.6. The predicted octanol–water partition coefficient (Wildman–Crippen LogP) is -0.183. The summed E-state index contributed by atoms with van der Waals surface area (Å²) in [6.07, 6.45) is 1.48. The Morgan fingerprint density at radius 2 is 2.08 bits per heavy atom. The zero-order chi connectivity index (χ0) is 9.40. The maximum Gasteiger partial charge on any atom is 0.341 e. The molecule has 0 unspecified atom stereocenters. The molecule has 0 aliphatic heterocycles. The van der Waals surface area contributed by atoms with Gasteiger partial charge in [0.2, 0.25) is 0 Å². The lowest BCUT2D eigenvalue weighted by Gasteiger charge is -2.00. The molecule has 0 bridgehead atoms. The van der Waals surface area contributed by atoms with Crippen LogP contribution in [0.2, 0.25) is 0 Å². The van der Waals surface area contributed by atoms with Crippen molar-refractivity contribution < 1.29 is 24.2 Å². The van der Waals surface area contributed by atoms with E-state index in [0.29, 0.717) is 0 Å². The van der Waals surface area contributed by atoms with Crippen LogP contribution in [0.4, 0.5) is 0 Å². The molecule has 0 heterocycles. The summed E-state index contributed by atoms with van der Waals surface area (Å²) < 4.78 is 8.94. The van der Waals surface area contributed by atoms with Crippen molar-refractivity contribution >= 4 is 11.9 Å². The maximum atomic E-state index is 10.6. The number of carbonyl (C=O) groups is 2. The van der Waals surface area contributed by atoms with E-state index < -0.39 is 18.5 Å². The fourth-order valence-corrected chi connectivity index (χ4v) is 0.409. The van der Waals surface area contributed by atoms with Gasteiger partial charge in [-0.05, 0) is 0 Å². The fraction of sp³-hybridized carbons (Fsp3) is 0.429. The summed E-state index contributed by atoms with van der Waals surface area (Å²) in [4.78, 5) is 20.5. The van der Waals surface area contributed by atoms with Gasteiger partial charge in [-0.3, -0.25) is 0 Å². The highest BCUT2D eigenvalue weighted by molar-refractivity contribution is 5.75. The SMILES string of the molecule is C=CCOCC(=O)OCC(=O)O. The Kier molecular flexibility index (Phi) is 5.64. The van der Waals surface area contributed by atoms with Gasteiger partial charge in [0.1, 0.15) is 6.61 Å². The van der Waals surface area contributed by atoms with Crippen molar-refractivity contribution in [3.63, 3.8) is 0 Å². The molecule has 0 amide bonds. The van der Waals surface area contributed by atoms with Gasteiger partial charge in [-0.15, -0.1) is 6.58 Å². The number of hydrogen-bond acceptors (Lipinski definition) is 4. The molecule has 68 valence electrons. The number of esters is 1. The van der Waals surface area contributed by atoms with Crippen LogP contribution in [0.15, 0.2) is 12.7 Å².